The van der Waals surface area contributed by atoms with Crippen molar-refractivity contribution >= 4 is 27.6 Å². The zero-order valence-electron chi connectivity index (χ0n) is 15.7. The van der Waals surface area contributed by atoms with Gasteiger partial charge in [0, 0.05) is 23.4 Å². The number of hydrogen-bond donors (Lipinski definition) is 1. The summed E-state index contributed by atoms with van der Waals surface area (Å²) in [5, 5.41) is 10.3. The molecule has 0 fully saturated rings. The monoisotopic (exact) mass is 409 g/mol. The van der Waals surface area contributed by atoms with Gasteiger partial charge in [0.2, 0.25) is 10.0 Å². The van der Waals surface area contributed by atoms with Crippen LogP contribution in [0, 0.1) is 18.3 Å². The van der Waals surface area contributed by atoms with E-state index < -0.39 is 22.5 Å². The summed E-state index contributed by atoms with van der Waals surface area (Å²) in [6.45, 7) is 1.31. The molecule has 2 heterocycles. The van der Waals surface area contributed by atoms with Crippen molar-refractivity contribution in [2.45, 2.75) is 13.5 Å². The summed E-state index contributed by atoms with van der Waals surface area (Å²) in [5.74, 6) is -0.739. The Bertz CT molecular complexity index is 1200. The van der Waals surface area contributed by atoms with Gasteiger partial charge in [-0.3, -0.25) is 4.79 Å². The number of carbonyl (C=O) groups excluding carboxylic acids is 1. The molecule has 29 heavy (non-hydrogen) atoms. The van der Waals surface area contributed by atoms with Crippen LogP contribution in [0.25, 0.3) is 11.6 Å². The highest BCUT2D eigenvalue weighted by molar-refractivity contribution is 7.92. The zero-order valence-corrected chi connectivity index (χ0v) is 16.5. The van der Waals surface area contributed by atoms with Gasteiger partial charge in [-0.2, -0.15) is 5.26 Å². The van der Waals surface area contributed by atoms with Crippen LogP contribution < -0.4 is 4.72 Å². The Kier molecular flexibility index (Phi) is 6.12. The number of nitrogens with zero attached hydrogens (tertiary/aromatic N) is 2. The van der Waals surface area contributed by atoms with Crippen LogP contribution in [0.3, 0.4) is 0 Å². The lowest BCUT2D eigenvalue weighted by atomic mass is 10.2. The molecule has 0 aliphatic carbocycles. The number of fused-ring (bicyclic) bond motifs is 1. The van der Waals surface area contributed by atoms with Crippen LogP contribution >= 0.6 is 0 Å². The number of nitrogens with one attached hydrogen (secondary N) is 1. The van der Waals surface area contributed by atoms with E-state index in [1.165, 1.54) is 6.08 Å². The van der Waals surface area contributed by atoms with Crippen LogP contribution in [0.15, 0.2) is 60.3 Å². The standard InChI is InChI=1S/C21H19N3O4S/c1-16-5-7-17(8-6-16)9-11-29(26,27)23-13-21(25)28-15-18-14-24-10-3-2-4-20(24)19(18)12-22/h2-11,14,23H,13,15H2,1H3/b11-9+. The largest absolute Gasteiger partial charge is 0.460 e. The fraction of sp³-hybridized carbons (Fsp3) is 0.143. The smallest absolute Gasteiger partial charge is 0.321 e. The summed E-state index contributed by atoms with van der Waals surface area (Å²) < 4.78 is 33.1. The first-order valence-electron chi connectivity index (χ1n) is 8.77. The van der Waals surface area contributed by atoms with Crippen LogP contribution in [0.5, 0.6) is 0 Å². The van der Waals surface area contributed by atoms with Crippen LogP contribution in [0.4, 0.5) is 0 Å². The molecule has 0 radical (unpaired) electrons. The summed E-state index contributed by atoms with van der Waals surface area (Å²) in [5.41, 5.74) is 3.48. The highest BCUT2D eigenvalue weighted by Crippen LogP contribution is 2.18. The van der Waals surface area contributed by atoms with Gasteiger partial charge in [-0.05, 0) is 30.7 Å². The van der Waals surface area contributed by atoms with E-state index in [0.29, 0.717) is 16.6 Å². The molecule has 7 nitrogen and oxygen atoms in total. The zero-order chi connectivity index (χ0) is 20.9. The molecule has 0 saturated carbocycles. The summed E-state index contributed by atoms with van der Waals surface area (Å²) >= 11 is 0. The van der Waals surface area contributed by atoms with E-state index in [9.17, 15) is 18.5 Å². The van der Waals surface area contributed by atoms with Crippen molar-refractivity contribution in [1.29, 1.82) is 5.26 Å². The lowest BCUT2D eigenvalue weighted by molar-refractivity contribution is -0.143. The van der Waals surface area contributed by atoms with Crippen molar-refractivity contribution in [2.75, 3.05) is 6.54 Å². The van der Waals surface area contributed by atoms with Gasteiger partial charge in [0.15, 0.2) is 0 Å². The summed E-state index contributed by atoms with van der Waals surface area (Å²) in [6.07, 6.45) is 4.94. The number of carbonyl (C=O) groups is 1. The average molecular weight is 409 g/mol. The minimum Gasteiger partial charge on any atom is -0.460 e. The third-order valence-corrected chi connectivity index (χ3v) is 5.24. The Morgan fingerprint density at radius 1 is 1.24 bits per heavy atom. The number of sulfonamides is 1. The predicted molar refractivity (Wildman–Crippen MR) is 109 cm³/mol. The van der Waals surface area contributed by atoms with Gasteiger partial charge in [0.1, 0.15) is 19.2 Å². The highest BCUT2D eigenvalue weighted by Gasteiger charge is 2.14. The van der Waals surface area contributed by atoms with Crippen molar-refractivity contribution in [3.63, 3.8) is 0 Å². The Morgan fingerprint density at radius 3 is 2.72 bits per heavy atom. The van der Waals surface area contributed by atoms with Gasteiger partial charge < -0.3 is 9.14 Å². The van der Waals surface area contributed by atoms with Crippen LogP contribution in [-0.2, 0) is 26.2 Å². The number of pyridine rings is 1. The number of rotatable bonds is 7. The average Bonchev–Trinajstić information content (AvgIpc) is 3.08. The number of aromatic nitrogens is 1. The second-order valence-electron chi connectivity index (χ2n) is 6.37. The minimum atomic E-state index is -3.79. The molecule has 8 heteroatoms. The molecule has 0 atom stereocenters. The SMILES string of the molecule is Cc1ccc(/C=C/S(=O)(=O)NCC(=O)OCc2cn3ccccc3c2C#N)cc1. The molecule has 0 unspecified atom stereocenters. The van der Waals surface area contributed by atoms with E-state index >= 15 is 0 Å². The maximum Gasteiger partial charge on any atom is 0.321 e. The molecule has 0 aliphatic heterocycles. The molecule has 0 bridgehead atoms. The number of benzene rings is 1. The Hall–Kier alpha value is -3.41. The molecule has 0 amide bonds. The molecule has 0 aliphatic rings. The van der Waals surface area contributed by atoms with Gasteiger partial charge in [-0.1, -0.05) is 35.9 Å². The van der Waals surface area contributed by atoms with Gasteiger partial charge in [0.05, 0.1) is 11.1 Å². The first-order chi connectivity index (χ1) is 13.9. The van der Waals surface area contributed by atoms with E-state index in [-0.39, 0.29) is 6.61 Å². The quantitative estimate of drug-likeness (QED) is 0.605. The normalized spacial score (nSPS) is 11.6. The Labute approximate surface area is 168 Å². The number of nitriles is 1. The van der Waals surface area contributed by atoms with E-state index in [4.69, 9.17) is 4.74 Å². The topological polar surface area (TPSA) is 101 Å². The van der Waals surface area contributed by atoms with Crippen molar-refractivity contribution in [3.8, 4) is 6.07 Å². The van der Waals surface area contributed by atoms with Crippen LogP contribution in [-0.4, -0.2) is 25.3 Å². The fourth-order valence-electron chi connectivity index (χ4n) is 2.68. The molecule has 3 aromatic rings. The van der Waals surface area contributed by atoms with Gasteiger partial charge in [0.25, 0.3) is 0 Å². The second-order valence-corrected chi connectivity index (χ2v) is 8.03. The van der Waals surface area contributed by atoms with E-state index in [2.05, 4.69) is 10.8 Å². The minimum absolute atomic E-state index is 0.121. The summed E-state index contributed by atoms with van der Waals surface area (Å²) in [6, 6.07) is 14.9. The van der Waals surface area contributed by atoms with Gasteiger partial charge in [-0.15, -0.1) is 0 Å². The fourth-order valence-corrected chi connectivity index (χ4v) is 3.43. The molecular weight excluding hydrogens is 390 g/mol. The van der Waals surface area contributed by atoms with E-state index in [0.717, 1.165) is 16.5 Å². The highest BCUT2D eigenvalue weighted by atomic mass is 32.2. The molecule has 1 aromatic carbocycles. The Morgan fingerprint density at radius 2 is 2.00 bits per heavy atom. The molecule has 2 aromatic heterocycles. The van der Waals surface area contributed by atoms with Crippen LogP contribution in [0.1, 0.15) is 22.3 Å². The first-order valence-corrected chi connectivity index (χ1v) is 10.3. The van der Waals surface area contributed by atoms with Gasteiger partial charge in [-0.25, -0.2) is 13.1 Å². The molecule has 0 spiro atoms. The molecule has 3 rings (SSSR count). The molecule has 148 valence electrons. The molecular formula is C21H19N3O4S. The summed E-state index contributed by atoms with van der Waals surface area (Å²) in [4.78, 5) is 11.9. The third-order valence-electron chi connectivity index (χ3n) is 4.20. The van der Waals surface area contributed by atoms with E-state index in [1.54, 1.807) is 35.0 Å². The molecule has 1 N–H and O–H groups in total. The summed E-state index contributed by atoms with van der Waals surface area (Å²) in [7, 11) is -3.79. The number of esters is 1. The van der Waals surface area contributed by atoms with Crippen molar-refractivity contribution in [1.82, 2.24) is 9.12 Å². The van der Waals surface area contributed by atoms with E-state index in [1.807, 2.05) is 31.2 Å². The molecule has 0 saturated heterocycles. The first kappa shape index (κ1) is 20.3. The second kappa shape index (κ2) is 8.73. The lowest BCUT2D eigenvalue weighted by Crippen LogP contribution is -2.29. The predicted octanol–water partition coefficient (Wildman–Crippen LogP) is 2.75. The van der Waals surface area contributed by atoms with Gasteiger partial charge >= 0.3 is 5.97 Å². The van der Waals surface area contributed by atoms with Crippen molar-refractivity contribution < 1.29 is 17.9 Å². The van der Waals surface area contributed by atoms with Crippen molar-refractivity contribution in [2.24, 2.45) is 0 Å². The third kappa shape index (κ3) is 5.31. The van der Waals surface area contributed by atoms with Crippen LogP contribution in [0.2, 0.25) is 0 Å². The number of aryl methyl sites for hydroxylation is 1. The maximum atomic E-state index is 12.0. The number of ether oxygens (including phenoxy) is 1. The number of hydrogen-bond acceptors (Lipinski definition) is 5. The maximum absolute atomic E-state index is 12.0. The Balaban J connectivity index is 1.56. The van der Waals surface area contributed by atoms with Crippen molar-refractivity contribution in [3.05, 3.63) is 82.5 Å². The lowest BCUT2D eigenvalue weighted by Gasteiger charge is -2.05.